The molecule has 1 amide bonds. The van der Waals surface area contributed by atoms with Crippen LogP contribution in [0.5, 0.6) is 0 Å². The Morgan fingerprint density at radius 1 is 1.59 bits per heavy atom. The minimum absolute atomic E-state index is 0.155. The molecule has 0 aromatic carbocycles. The Morgan fingerprint density at radius 3 is 3.06 bits per heavy atom. The molecule has 1 unspecified atom stereocenters. The van der Waals surface area contributed by atoms with E-state index >= 15 is 0 Å². The van der Waals surface area contributed by atoms with E-state index in [2.05, 4.69) is 27.6 Å². The number of likely N-dealkylation sites (tertiary alicyclic amines) is 1. The van der Waals surface area contributed by atoms with Gasteiger partial charge < -0.3 is 15.5 Å². The summed E-state index contributed by atoms with van der Waals surface area (Å²) in [4.78, 5) is 17.8. The first-order valence-electron chi connectivity index (χ1n) is 5.82. The summed E-state index contributed by atoms with van der Waals surface area (Å²) >= 11 is 0. The van der Waals surface area contributed by atoms with Crippen molar-refractivity contribution >= 4 is 11.6 Å². The highest BCUT2D eigenvalue weighted by Gasteiger charge is 2.19. The Balaban J connectivity index is 2.03. The quantitative estimate of drug-likeness (QED) is 0.802. The third-order valence-electron chi connectivity index (χ3n) is 2.98. The first kappa shape index (κ1) is 11.9. The molecule has 17 heavy (non-hydrogen) atoms. The van der Waals surface area contributed by atoms with Gasteiger partial charge in [0.15, 0.2) is 0 Å². The molecule has 1 atom stereocenters. The average Bonchev–Trinajstić information content (AvgIpc) is 2.74. The maximum Gasteiger partial charge on any atom is 0.269 e. The molecule has 0 aliphatic carbocycles. The highest BCUT2D eigenvalue weighted by molar-refractivity contribution is 5.92. The van der Waals surface area contributed by atoms with E-state index in [4.69, 9.17) is 0 Å². The maximum atomic E-state index is 11.4. The fraction of sp³-hybridized carbons (Fsp3) is 0.500. The molecular weight excluding hydrogens is 216 g/mol. The van der Waals surface area contributed by atoms with Crippen LogP contribution >= 0.6 is 0 Å². The van der Waals surface area contributed by atoms with E-state index in [0.717, 1.165) is 25.2 Å². The van der Waals surface area contributed by atoms with E-state index in [1.54, 1.807) is 19.3 Å². The van der Waals surface area contributed by atoms with Crippen molar-refractivity contribution in [2.45, 2.75) is 12.5 Å². The summed E-state index contributed by atoms with van der Waals surface area (Å²) in [6, 6.07) is 4.14. The Bertz CT molecular complexity index is 407. The van der Waals surface area contributed by atoms with Gasteiger partial charge in [-0.2, -0.15) is 0 Å². The monoisotopic (exact) mass is 234 g/mol. The van der Waals surface area contributed by atoms with Crippen molar-refractivity contribution in [3.05, 3.63) is 24.0 Å². The molecule has 2 N–H and O–H groups in total. The minimum atomic E-state index is -0.155. The molecule has 1 aliphatic rings. The van der Waals surface area contributed by atoms with Crippen LogP contribution in [0.2, 0.25) is 0 Å². The van der Waals surface area contributed by atoms with Crippen molar-refractivity contribution in [1.82, 2.24) is 15.2 Å². The van der Waals surface area contributed by atoms with E-state index in [9.17, 15) is 4.79 Å². The van der Waals surface area contributed by atoms with Gasteiger partial charge in [0.2, 0.25) is 0 Å². The summed E-state index contributed by atoms with van der Waals surface area (Å²) in [5.74, 6) is -0.155. The van der Waals surface area contributed by atoms with E-state index in [0.29, 0.717) is 11.7 Å². The second kappa shape index (κ2) is 5.14. The molecule has 0 radical (unpaired) electrons. The molecule has 5 heteroatoms. The smallest absolute Gasteiger partial charge is 0.269 e. The lowest BCUT2D eigenvalue weighted by Gasteiger charge is -2.14. The molecule has 2 rings (SSSR count). The van der Waals surface area contributed by atoms with Gasteiger partial charge in [-0.15, -0.1) is 0 Å². The average molecular weight is 234 g/mol. The second-order valence-electron chi connectivity index (χ2n) is 4.40. The number of hydrogen-bond acceptors (Lipinski definition) is 4. The number of amides is 1. The molecule has 1 aromatic rings. The van der Waals surface area contributed by atoms with Crippen LogP contribution < -0.4 is 10.6 Å². The van der Waals surface area contributed by atoms with Crippen LogP contribution in [0.25, 0.3) is 0 Å². The van der Waals surface area contributed by atoms with Gasteiger partial charge in [-0.3, -0.25) is 9.78 Å². The zero-order chi connectivity index (χ0) is 12.3. The van der Waals surface area contributed by atoms with E-state index in [1.807, 2.05) is 6.07 Å². The van der Waals surface area contributed by atoms with Gasteiger partial charge >= 0.3 is 0 Å². The van der Waals surface area contributed by atoms with Crippen LogP contribution in [0.4, 0.5) is 5.69 Å². The predicted molar refractivity (Wildman–Crippen MR) is 67.2 cm³/mol. The standard InChI is InChI=1S/C12H18N4O/c1-13-12(17)11-7-9(3-5-14-11)15-10-4-6-16(2)8-10/h3,5,7,10H,4,6,8H2,1-2H3,(H,13,17)(H,14,15). The first-order valence-corrected chi connectivity index (χ1v) is 5.82. The number of hydrogen-bond donors (Lipinski definition) is 2. The Labute approximate surface area is 101 Å². The number of aromatic nitrogens is 1. The number of nitrogens with zero attached hydrogens (tertiary/aromatic N) is 2. The summed E-state index contributed by atoms with van der Waals surface area (Å²) in [6.45, 7) is 2.16. The zero-order valence-electron chi connectivity index (χ0n) is 10.2. The van der Waals surface area contributed by atoms with Crippen LogP contribution in [-0.4, -0.2) is 49.0 Å². The lowest BCUT2D eigenvalue weighted by molar-refractivity contribution is 0.0958. The molecule has 1 fully saturated rings. The second-order valence-corrected chi connectivity index (χ2v) is 4.40. The zero-order valence-corrected chi connectivity index (χ0v) is 10.2. The van der Waals surface area contributed by atoms with Gasteiger partial charge in [-0.25, -0.2) is 0 Å². The molecule has 5 nitrogen and oxygen atoms in total. The Morgan fingerprint density at radius 2 is 2.41 bits per heavy atom. The lowest BCUT2D eigenvalue weighted by atomic mass is 10.2. The fourth-order valence-corrected chi connectivity index (χ4v) is 2.06. The molecular formula is C12H18N4O. The number of anilines is 1. The van der Waals surface area contributed by atoms with Gasteiger partial charge in [0.05, 0.1) is 0 Å². The molecule has 0 spiro atoms. The summed E-state index contributed by atoms with van der Waals surface area (Å²) in [5, 5.41) is 6.00. The summed E-state index contributed by atoms with van der Waals surface area (Å²) in [5.41, 5.74) is 1.41. The normalized spacial score (nSPS) is 20.2. The van der Waals surface area contributed by atoms with Crippen molar-refractivity contribution in [3.8, 4) is 0 Å². The van der Waals surface area contributed by atoms with E-state index < -0.39 is 0 Å². The third kappa shape index (κ3) is 2.94. The largest absolute Gasteiger partial charge is 0.381 e. The van der Waals surface area contributed by atoms with E-state index in [1.165, 1.54) is 0 Å². The van der Waals surface area contributed by atoms with Crippen LogP contribution in [-0.2, 0) is 0 Å². The molecule has 1 aliphatic heterocycles. The number of carbonyl (C=O) groups excluding carboxylic acids is 1. The van der Waals surface area contributed by atoms with Crippen LogP contribution in [0, 0.1) is 0 Å². The summed E-state index contributed by atoms with van der Waals surface area (Å²) < 4.78 is 0. The van der Waals surface area contributed by atoms with Crippen LogP contribution in [0.1, 0.15) is 16.9 Å². The van der Waals surface area contributed by atoms with Crippen molar-refractivity contribution in [2.24, 2.45) is 0 Å². The van der Waals surface area contributed by atoms with Crippen LogP contribution in [0.3, 0.4) is 0 Å². The minimum Gasteiger partial charge on any atom is -0.381 e. The van der Waals surface area contributed by atoms with Crippen molar-refractivity contribution in [3.63, 3.8) is 0 Å². The molecule has 1 aromatic heterocycles. The summed E-state index contributed by atoms with van der Waals surface area (Å²) in [7, 11) is 3.72. The number of likely N-dealkylation sites (N-methyl/N-ethyl adjacent to an activating group) is 1. The molecule has 1 saturated heterocycles. The van der Waals surface area contributed by atoms with Gasteiger partial charge in [-0.05, 0) is 32.1 Å². The van der Waals surface area contributed by atoms with Crippen molar-refractivity contribution < 1.29 is 4.79 Å². The molecule has 0 saturated carbocycles. The van der Waals surface area contributed by atoms with Gasteiger partial charge in [0, 0.05) is 31.5 Å². The van der Waals surface area contributed by atoms with E-state index in [-0.39, 0.29) is 5.91 Å². The van der Waals surface area contributed by atoms with Crippen molar-refractivity contribution in [2.75, 3.05) is 32.5 Å². The third-order valence-corrected chi connectivity index (χ3v) is 2.98. The van der Waals surface area contributed by atoms with Crippen LogP contribution in [0.15, 0.2) is 18.3 Å². The van der Waals surface area contributed by atoms with Crippen molar-refractivity contribution in [1.29, 1.82) is 0 Å². The highest BCUT2D eigenvalue weighted by Crippen LogP contribution is 2.15. The molecule has 92 valence electrons. The Kier molecular flexibility index (Phi) is 3.58. The summed E-state index contributed by atoms with van der Waals surface area (Å²) in [6.07, 6.45) is 2.79. The highest BCUT2D eigenvalue weighted by atomic mass is 16.1. The predicted octanol–water partition coefficient (Wildman–Crippen LogP) is 0.557. The molecule has 0 bridgehead atoms. The number of pyridine rings is 1. The maximum absolute atomic E-state index is 11.4. The van der Waals surface area contributed by atoms with Gasteiger partial charge in [0.1, 0.15) is 5.69 Å². The topological polar surface area (TPSA) is 57.3 Å². The lowest BCUT2D eigenvalue weighted by Crippen LogP contribution is -2.24. The number of rotatable bonds is 3. The molecule has 2 heterocycles. The Hall–Kier alpha value is -1.62. The number of nitrogens with one attached hydrogen (secondary N) is 2. The van der Waals surface area contributed by atoms with Gasteiger partial charge in [-0.1, -0.05) is 0 Å². The SMILES string of the molecule is CNC(=O)c1cc(NC2CCN(C)C2)ccn1. The number of carbonyl (C=O) groups is 1. The van der Waals surface area contributed by atoms with Gasteiger partial charge in [0.25, 0.3) is 5.91 Å². The first-order chi connectivity index (χ1) is 8.19. The fourth-order valence-electron chi connectivity index (χ4n) is 2.06.